The van der Waals surface area contributed by atoms with Gasteiger partial charge in [0.05, 0.1) is 10.5 Å². The predicted molar refractivity (Wildman–Crippen MR) is 89.2 cm³/mol. The Kier molecular flexibility index (Phi) is 4.47. The zero-order chi connectivity index (χ0) is 17.8. The van der Waals surface area contributed by atoms with E-state index in [4.69, 9.17) is 4.74 Å². The van der Waals surface area contributed by atoms with Gasteiger partial charge in [0.1, 0.15) is 5.82 Å². The Hall–Kier alpha value is -3.61. The van der Waals surface area contributed by atoms with Crippen molar-refractivity contribution in [1.29, 1.82) is 0 Å². The molecule has 2 aromatic rings. The molecule has 0 saturated carbocycles. The van der Waals surface area contributed by atoms with Gasteiger partial charge in [-0.05, 0) is 42.5 Å². The Morgan fingerprint density at radius 2 is 1.84 bits per heavy atom. The fourth-order valence-electron chi connectivity index (χ4n) is 2.18. The number of halogens is 1. The monoisotopic (exact) mass is 338 g/mol. The van der Waals surface area contributed by atoms with Gasteiger partial charge in [-0.15, -0.1) is 0 Å². The highest BCUT2D eigenvalue weighted by molar-refractivity contribution is 6.11. The second-order valence-corrected chi connectivity index (χ2v) is 5.04. The summed E-state index contributed by atoms with van der Waals surface area (Å²) in [5.74, 6) is -0.973. The molecule has 7 heteroatoms. The third kappa shape index (κ3) is 3.66. The van der Waals surface area contributed by atoms with Crippen molar-refractivity contribution in [3.8, 4) is 0 Å². The van der Waals surface area contributed by atoms with E-state index in [9.17, 15) is 19.3 Å². The molecule has 0 spiro atoms. The second kappa shape index (κ2) is 6.88. The van der Waals surface area contributed by atoms with Crippen LogP contribution < -0.4 is 0 Å². The third-order valence-corrected chi connectivity index (χ3v) is 3.38. The predicted octanol–water partition coefficient (Wildman–Crippen LogP) is 3.63. The number of benzene rings is 2. The van der Waals surface area contributed by atoms with Crippen LogP contribution >= 0.6 is 0 Å². The summed E-state index contributed by atoms with van der Waals surface area (Å²) < 4.78 is 18.0. The van der Waals surface area contributed by atoms with Crippen molar-refractivity contribution < 1.29 is 18.8 Å². The van der Waals surface area contributed by atoms with Crippen LogP contribution in [0.25, 0.3) is 6.08 Å². The standard InChI is InChI=1S/C18H11FN2O4/c19-14-10-8-13(9-11-14)17-20-15(18(22)25-17)6-3-5-12-4-1-2-7-16(12)21(23)24/h1-11H/b5-3+,15-6+. The number of allylic oxidation sites excluding steroid dienone is 2. The molecule has 0 atom stereocenters. The molecule has 0 amide bonds. The summed E-state index contributed by atoms with van der Waals surface area (Å²) in [5, 5.41) is 11.0. The van der Waals surface area contributed by atoms with Crippen LogP contribution in [0.1, 0.15) is 11.1 Å². The van der Waals surface area contributed by atoms with E-state index in [1.165, 1.54) is 48.6 Å². The van der Waals surface area contributed by atoms with Crippen molar-refractivity contribution in [2.24, 2.45) is 4.99 Å². The van der Waals surface area contributed by atoms with E-state index in [1.807, 2.05) is 0 Å². The van der Waals surface area contributed by atoms with Gasteiger partial charge < -0.3 is 4.74 Å². The molecule has 0 radical (unpaired) electrons. The summed E-state index contributed by atoms with van der Waals surface area (Å²) in [6.07, 6.45) is 4.38. The van der Waals surface area contributed by atoms with E-state index in [2.05, 4.69) is 4.99 Å². The minimum Gasteiger partial charge on any atom is -0.402 e. The Bertz CT molecular complexity index is 930. The lowest BCUT2D eigenvalue weighted by Gasteiger charge is -1.98. The minimum absolute atomic E-state index is 0.0401. The number of hydrogen-bond acceptors (Lipinski definition) is 5. The lowest BCUT2D eigenvalue weighted by Crippen LogP contribution is -2.05. The van der Waals surface area contributed by atoms with Crippen LogP contribution in [0.5, 0.6) is 0 Å². The molecule has 6 nitrogen and oxygen atoms in total. The van der Waals surface area contributed by atoms with Crippen molar-refractivity contribution in [1.82, 2.24) is 0 Å². The van der Waals surface area contributed by atoms with Crippen molar-refractivity contribution >= 4 is 23.6 Å². The number of para-hydroxylation sites is 1. The molecule has 0 saturated heterocycles. The summed E-state index contributed by atoms with van der Waals surface area (Å²) >= 11 is 0. The molecule has 1 aliphatic rings. The number of nitro benzene ring substituents is 1. The quantitative estimate of drug-likeness (QED) is 0.369. The maximum absolute atomic E-state index is 12.9. The number of carbonyl (C=O) groups excluding carboxylic acids is 1. The van der Waals surface area contributed by atoms with Gasteiger partial charge in [0.15, 0.2) is 5.70 Å². The van der Waals surface area contributed by atoms with Crippen LogP contribution in [0, 0.1) is 15.9 Å². The van der Waals surface area contributed by atoms with Gasteiger partial charge in [-0.25, -0.2) is 14.2 Å². The van der Waals surface area contributed by atoms with Gasteiger partial charge in [-0.1, -0.05) is 18.2 Å². The molecule has 0 fully saturated rings. The molecule has 2 aromatic carbocycles. The summed E-state index contributed by atoms with van der Waals surface area (Å²) in [6, 6.07) is 11.6. The van der Waals surface area contributed by atoms with E-state index in [-0.39, 0.29) is 17.3 Å². The summed E-state index contributed by atoms with van der Waals surface area (Å²) in [7, 11) is 0. The molecule has 0 bridgehead atoms. The topological polar surface area (TPSA) is 81.8 Å². The molecule has 1 heterocycles. The van der Waals surface area contributed by atoms with E-state index in [1.54, 1.807) is 18.2 Å². The molecule has 3 rings (SSSR count). The summed E-state index contributed by atoms with van der Waals surface area (Å²) in [6.45, 7) is 0. The molecule has 0 unspecified atom stereocenters. The number of aliphatic imine (C=N–C) groups is 1. The zero-order valence-electron chi connectivity index (χ0n) is 12.8. The lowest BCUT2D eigenvalue weighted by atomic mass is 10.1. The third-order valence-electron chi connectivity index (χ3n) is 3.38. The number of cyclic esters (lactones) is 1. The molecule has 124 valence electrons. The molecule has 0 aliphatic carbocycles. The largest absolute Gasteiger partial charge is 0.402 e. The normalized spacial score (nSPS) is 15.5. The van der Waals surface area contributed by atoms with Crippen LogP contribution in [-0.2, 0) is 9.53 Å². The number of ether oxygens (including phenoxy) is 1. The highest BCUT2D eigenvalue weighted by Gasteiger charge is 2.23. The van der Waals surface area contributed by atoms with Crippen LogP contribution in [0.3, 0.4) is 0 Å². The number of carbonyl (C=O) groups is 1. The van der Waals surface area contributed by atoms with Crippen molar-refractivity contribution in [3.05, 3.63) is 93.4 Å². The maximum Gasteiger partial charge on any atom is 0.363 e. The first-order chi connectivity index (χ1) is 12.0. The average molecular weight is 338 g/mol. The van der Waals surface area contributed by atoms with Gasteiger partial charge in [-0.2, -0.15) is 0 Å². The lowest BCUT2D eigenvalue weighted by molar-refractivity contribution is -0.385. The molecule has 0 N–H and O–H groups in total. The smallest absolute Gasteiger partial charge is 0.363 e. The van der Waals surface area contributed by atoms with Crippen LogP contribution in [0.15, 0.2) is 71.4 Å². The number of nitro groups is 1. The average Bonchev–Trinajstić information content (AvgIpc) is 2.97. The highest BCUT2D eigenvalue weighted by atomic mass is 19.1. The Labute approximate surface area is 141 Å². The van der Waals surface area contributed by atoms with Gasteiger partial charge in [0.25, 0.3) is 5.69 Å². The van der Waals surface area contributed by atoms with Gasteiger partial charge in [-0.3, -0.25) is 10.1 Å². The summed E-state index contributed by atoms with van der Waals surface area (Å²) in [4.78, 5) is 26.3. The Morgan fingerprint density at radius 1 is 1.12 bits per heavy atom. The minimum atomic E-state index is -0.647. The number of hydrogen-bond donors (Lipinski definition) is 0. The molecule has 0 aromatic heterocycles. The summed E-state index contributed by atoms with van der Waals surface area (Å²) in [5.41, 5.74) is 0.884. The van der Waals surface area contributed by atoms with Gasteiger partial charge in [0.2, 0.25) is 5.90 Å². The van der Waals surface area contributed by atoms with E-state index >= 15 is 0 Å². The molecular formula is C18H11FN2O4. The van der Waals surface area contributed by atoms with Crippen molar-refractivity contribution in [2.45, 2.75) is 0 Å². The first-order valence-corrected chi connectivity index (χ1v) is 7.23. The Morgan fingerprint density at radius 3 is 2.56 bits per heavy atom. The SMILES string of the molecule is O=C1OC(c2ccc(F)cc2)=N/C1=C/C=C/c1ccccc1[N+](=O)[O-]. The first kappa shape index (κ1) is 16.3. The van der Waals surface area contributed by atoms with Gasteiger partial charge >= 0.3 is 5.97 Å². The van der Waals surface area contributed by atoms with Crippen LogP contribution in [-0.4, -0.2) is 16.8 Å². The van der Waals surface area contributed by atoms with Crippen LogP contribution in [0.2, 0.25) is 0 Å². The Balaban J connectivity index is 1.83. The van der Waals surface area contributed by atoms with E-state index in [0.29, 0.717) is 11.1 Å². The molecular weight excluding hydrogens is 327 g/mol. The van der Waals surface area contributed by atoms with Gasteiger partial charge in [0, 0.05) is 11.6 Å². The number of nitrogens with zero attached hydrogens (tertiary/aromatic N) is 2. The maximum atomic E-state index is 12.9. The van der Waals surface area contributed by atoms with Crippen molar-refractivity contribution in [2.75, 3.05) is 0 Å². The second-order valence-electron chi connectivity index (χ2n) is 5.04. The van der Waals surface area contributed by atoms with E-state index in [0.717, 1.165) is 0 Å². The molecule has 1 aliphatic heterocycles. The van der Waals surface area contributed by atoms with E-state index < -0.39 is 16.7 Å². The van der Waals surface area contributed by atoms with Crippen LogP contribution in [0.4, 0.5) is 10.1 Å². The van der Waals surface area contributed by atoms with Crippen molar-refractivity contribution in [3.63, 3.8) is 0 Å². The fourth-order valence-corrected chi connectivity index (χ4v) is 2.18. The number of esters is 1. The molecule has 25 heavy (non-hydrogen) atoms. The fraction of sp³-hybridized carbons (Fsp3) is 0. The first-order valence-electron chi connectivity index (χ1n) is 7.23. The highest BCUT2D eigenvalue weighted by Crippen LogP contribution is 2.20. The number of rotatable bonds is 4. The zero-order valence-corrected chi connectivity index (χ0v) is 12.8.